The van der Waals surface area contributed by atoms with Gasteiger partial charge in [-0.25, -0.2) is 0 Å². The van der Waals surface area contributed by atoms with Crippen LogP contribution in [0, 0.1) is 5.41 Å². The number of nitrogens with one attached hydrogen (secondary N) is 1. The van der Waals surface area contributed by atoms with Crippen molar-refractivity contribution < 1.29 is 0 Å². The fraction of sp³-hybridized carbons (Fsp3) is 0.583. The van der Waals surface area contributed by atoms with Crippen LogP contribution < -0.4 is 10.6 Å². The van der Waals surface area contributed by atoms with Crippen LogP contribution in [0.15, 0.2) is 17.5 Å². The number of anilines is 1. The Morgan fingerprint density at radius 3 is 3.06 bits per heavy atom. The fourth-order valence-electron chi connectivity index (χ4n) is 2.33. The third kappa shape index (κ3) is 2.44. The zero-order valence-electron chi connectivity index (χ0n) is 9.48. The van der Waals surface area contributed by atoms with Crippen molar-refractivity contribution in [1.29, 1.82) is 5.41 Å². The van der Waals surface area contributed by atoms with Gasteiger partial charge in [-0.2, -0.15) is 0 Å². The van der Waals surface area contributed by atoms with E-state index in [0.29, 0.717) is 12.6 Å². The van der Waals surface area contributed by atoms with E-state index in [-0.39, 0.29) is 0 Å². The first-order valence-electron chi connectivity index (χ1n) is 5.93. The van der Waals surface area contributed by atoms with E-state index in [1.807, 2.05) is 0 Å². The maximum Gasteiger partial charge on any atom is 0.101 e. The van der Waals surface area contributed by atoms with Crippen LogP contribution in [0.2, 0.25) is 0 Å². The lowest BCUT2D eigenvalue weighted by Crippen LogP contribution is -2.39. The molecule has 0 saturated carbocycles. The summed E-state index contributed by atoms with van der Waals surface area (Å²) >= 11 is 1.72. The molecule has 3 nitrogen and oxygen atoms in total. The second kappa shape index (κ2) is 5.46. The number of hydrogen-bond acceptors (Lipinski definition) is 3. The average Bonchev–Trinajstić information content (AvgIpc) is 2.72. The average molecular weight is 237 g/mol. The zero-order chi connectivity index (χ0) is 11.4. The molecule has 0 aliphatic carbocycles. The summed E-state index contributed by atoms with van der Waals surface area (Å²) in [6.07, 6.45) is 5.41. The Bertz CT molecular complexity index is 334. The van der Waals surface area contributed by atoms with Crippen LogP contribution in [0.1, 0.15) is 32.1 Å². The predicted molar refractivity (Wildman–Crippen MR) is 70.5 cm³/mol. The highest BCUT2D eigenvalue weighted by atomic mass is 32.1. The first kappa shape index (κ1) is 11.6. The van der Waals surface area contributed by atoms with Gasteiger partial charge in [0.05, 0.1) is 5.00 Å². The molecule has 0 bridgehead atoms. The lowest BCUT2D eigenvalue weighted by atomic mass is 10.1. The normalized spacial score (nSPS) is 22.2. The van der Waals surface area contributed by atoms with Gasteiger partial charge in [0.25, 0.3) is 0 Å². The van der Waals surface area contributed by atoms with E-state index in [1.165, 1.54) is 11.4 Å². The number of nitrogens with two attached hydrogens (primary N) is 1. The van der Waals surface area contributed by atoms with E-state index in [0.717, 1.165) is 31.5 Å². The van der Waals surface area contributed by atoms with E-state index < -0.39 is 0 Å². The Hall–Kier alpha value is -0.870. The van der Waals surface area contributed by atoms with Crippen LogP contribution in [0.4, 0.5) is 5.00 Å². The summed E-state index contributed by atoms with van der Waals surface area (Å²) in [6.45, 7) is 0.708. The maximum atomic E-state index is 8.16. The Labute approximate surface area is 101 Å². The first-order chi connectivity index (χ1) is 7.83. The molecule has 16 heavy (non-hydrogen) atoms. The van der Waals surface area contributed by atoms with Gasteiger partial charge in [-0.3, -0.25) is 5.41 Å². The Balaban J connectivity index is 2.22. The summed E-state index contributed by atoms with van der Waals surface area (Å²) in [5.74, 6) is 0.762. The molecule has 0 radical (unpaired) electrons. The van der Waals surface area contributed by atoms with Crippen molar-refractivity contribution in [3.05, 3.63) is 17.5 Å². The molecule has 1 saturated heterocycles. The lowest BCUT2D eigenvalue weighted by Gasteiger charge is -2.30. The minimum Gasteiger partial charge on any atom is -0.330 e. The van der Waals surface area contributed by atoms with E-state index in [2.05, 4.69) is 22.4 Å². The molecule has 1 unspecified atom stereocenters. The maximum absolute atomic E-state index is 8.16. The third-order valence-electron chi connectivity index (χ3n) is 3.10. The topological polar surface area (TPSA) is 53.1 Å². The highest BCUT2D eigenvalue weighted by molar-refractivity contribution is 7.14. The van der Waals surface area contributed by atoms with Crippen molar-refractivity contribution in [1.82, 2.24) is 0 Å². The van der Waals surface area contributed by atoms with Crippen LogP contribution in [0.3, 0.4) is 0 Å². The highest BCUT2D eigenvalue weighted by Crippen LogP contribution is 2.30. The molecule has 1 aromatic heterocycles. The van der Waals surface area contributed by atoms with Crippen molar-refractivity contribution >= 4 is 22.2 Å². The number of thiophene rings is 1. The van der Waals surface area contributed by atoms with Crippen LogP contribution in [0.5, 0.6) is 0 Å². The molecule has 0 spiro atoms. The van der Waals surface area contributed by atoms with Crippen LogP contribution in [-0.2, 0) is 0 Å². The predicted octanol–water partition coefficient (Wildman–Crippen LogP) is 2.82. The van der Waals surface area contributed by atoms with Gasteiger partial charge in [-0.1, -0.05) is 6.42 Å². The Kier molecular flexibility index (Phi) is 3.96. The van der Waals surface area contributed by atoms with Crippen molar-refractivity contribution in [2.24, 2.45) is 5.73 Å². The van der Waals surface area contributed by atoms with Gasteiger partial charge in [0.15, 0.2) is 0 Å². The number of rotatable bonds is 3. The molecular weight excluding hydrogens is 218 g/mol. The monoisotopic (exact) mass is 237 g/mol. The molecule has 3 N–H and O–H groups in total. The molecule has 2 heterocycles. The molecule has 88 valence electrons. The fourth-order valence-corrected chi connectivity index (χ4v) is 3.15. The summed E-state index contributed by atoms with van der Waals surface area (Å²) < 4.78 is 0. The Morgan fingerprint density at radius 2 is 2.38 bits per heavy atom. The molecule has 2 rings (SSSR count). The van der Waals surface area contributed by atoms with Gasteiger partial charge in [0.2, 0.25) is 0 Å². The molecule has 1 aliphatic rings. The van der Waals surface area contributed by atoms with Gasteiger partial charge in [0.1, 0.15) is 5.84 Å². The van der Waals surface area contributed by atoms with E-state index in [9.17, 15) is 0 Å². The van der Waals surface area contributed by atoms with E-state index in [4.69, 9.17) is 11.1 Å². The van der Waals surface area contributed by atoms with Crippen LogP contribution in [-0.4, -0.2) is 18.4 Å². The SMILES string of the molecule is N=C1CCCCC(CCN)N1c1cccs1. The van der Waals surface area contributed by atoms with Crippen molar-refractivity contribution in [3.8, 4) is 0 Å². The molecule has 0 aromatic carbocycles. The molecule has 1 fully saturated rings. The molecule has 1 atom stereocenters. The van der Waals surface area contributed by atoms with Gasteiger partial charge >= 0.3 is 0 Å². The molecule has 1 aliphatic heterocycles. The highest BCUT2D eigenvalue weighted by Gasteiger charge is 2.25. The smallest absolute Gasteiger partial charge is 0.101 e. The van der Waals surface area contributed by atoms with Crippen molar-refractivity contribution in [2.45, 2.75) is 38.1 Å². The van der Waals surface area contributed by atoms with Gasteiger partial charge in [-0.15, -0.1) is 11.3 Å². The van der Waals surface area contributed by atoms with Crippen LogP contribution in [0.25, 0.3) is 0 Å². The minimum absolute atomic E-state index is 0.429. The Morgan fingerprint density at radius 1 is 1.50 bits per heavy atom. The summed E-state index contributed by atoms with van der Waals surface area (Å²) in [5, 5.41) is 11.4. The quantitative estimate of drug-likeness (QED) is 0.849. The molecule has 0 amide bonds. The molecular formula is C12H19N3S. The van der Waals surface area contributed by atoms with Gasteiger partial charge in [-0.05, 0) is 43.3 Å². The van der Waals surface area contributed by atoms with E-state index in [1.54, 1.807) is 11.3 Å². The summed E-state index contributed by atoms with van der Waals surface area (Å²) in [4.78, 5) is 2.20. The second-order valence-corrected chi connectivity index (χ2v) is 5.17. The minimum atomic E-state index is 0.429. The summed E-state index contributed by atoms with van der Waals surface area (Å²) in [6, 6.07) is 4.59. The molecule has 4 heteroatoms. The standard InChI is InChI=1S/C12H19N3S/c13-8-7-10-4-1-2-5-11(14)15(10)12-6-3-9-16-12/h3,6,9-10,14H,1-2,4-5,7-8,13H2. The second-order valence-electron chi connectivity index (χ2n) is 4.24. The van der Waals surface area contributed by atoms with Crippen LogP contribution >= 0.6 is 11.3 Å². The van der Waals surface area contributed by atoms with Crippen molar-refractivity contribution in [2.75, 3.05) is 11.4 Å². The zero-order valence-corrected chi connectivity index (χ0v) is 10.3. The van der Waals surface area contributed by atoms with Gasteiger partial charge in [0, 0.05) is 12.5 Å². The lowest BCUT2D eigenvalue weighted by molar-refractivity contribution is 0.559. The van der Waals surface area contributed by atoms with Crippen molar-refractivity contribution in [3.63, 3.8) is 0 Å². The third-order valence-corrected chi connectivity index (χ3v) is 3.97. The van der Waals surface area contributed by atoms with Gasteiger partial charge < -0.3 is 10.6 Å². The van der Waals surface area contributed by atoms with E-state index >= 15 is 0 Å². The molecule has 1 aromatic rings. The number of hydrogen-bond donors (Lipinski definition) is 2. The number of amidine groups is 1. The summed E-state index contributed by atoms with van der Waals surface area (Å²) in [5.41, 5.74) is 5.68. The summed E-state index contributed by atoms with van der Waals surface area (Å²) in [7, 11) is 0. The largest absolute Gasteiger partial charge is 0.330 e. The first-order valence-corrected chi connectivity index (χ1v) is 6.81. The number of nitrogens with zero attached hydrogens (tertiary/aromatic N) is 1.